The first-order valence-corrected chi connectivity index (χ1v) is 25.3. The molecule has 2 aromatic heterocycles. The number of thiazole rings is 1. The molecule has 4 aliphatic rings. The molecular weight excluding hydrogens is 842 g/mol. The van der Waals surface area contributed by atoms with E-state index < -0.39 is 0 Å². The number of nitrogens with zero attached hydrogens (tertiary/aromatic N) is 3. The minimum Gasteiger partial charge on any atom is -0.376 e. The molecule has 0 radical (unpaired) electrons. The van der Waals surface area contributed by atoms with Crippen molar-refractivity contribution in [1.29, 1.82) is 0 Å². The molecule has 0 saturated heterocycles. The fourth-order valence-corrected chi connectivity index (χ4v) is 13.8. The van der Waals surface area contributed by atoms with E-state index in [1.165, 1.54) is 121 Å². The molecule has 2 aliphatic heterocycles. The van der Waals surface area contributed by atoms with E-state index in [2.05, 4.69) is 224 Å². The van der Waals surface area contributed by atoms with Gasteiger partial charge in [0.25, 0.3) is 0 Å². The van der Waals surface area contributed by atoms with Crippen LogP contribution in [0.25, 0.3) is 81.7 Å². The Kier molecular flexibility index (Phi) is 7.78. The fraction of sp³-hybridized carbons (Fsp3) is 0.222. The van der Waals surface area contributed by atoms with Gasteiger partial charge in [-0.15, -0.1) is 11.3 Å². The molecule has 0 spiro atoms. The van der Waals surface area contributed by atoms with Gasteiger partial charge in [-0.25, -0.2) is 4.98 Å². The van der Waals surface area contributed by atoms with Crippen molar-refractivity contribution in [1.82, 2.24) is 9.55 Å². The number of fused-ring (bicyclic) bond motifs is 15. The summed E-state index contributed by atoms with van der Waals surface area (Å²) in [5, 5.41) is 3.67. The summed E-state index contributed by atoms with van der Waals surface area (Å²) in [6.07, 6.45) is 0. The molecule has 0 N–H and O–H groups in total. The van der Waals surface area contributed by atoms with Crippen molar-refractivity contribution in [3.05, 3.63) is 179 Å². The third-order valence-electron chi connectivity index (χ3n) is 16.5. The van der Waals surface area contributed by atoms with Gasteiger partial charge in [0, 0.05) is 49.8 Å². The summed E-state index contributed by atoms with van der Waals surface area (Å²) in [6, 6.07) is 56.6. The first-order valence-electron chi connectivity index (χ1n) is 24.5. The number of rotatable bonds is 2. The monoisotopic (exact) mass is 895 g/mol. The number of anilines is 2. The number of aromatic nitrogens is 2. The zero-order chi connectivity index (χ0) is 46.6. The smallest absolute Gasteiger partial charge is 0.333 e. The molecular formula is C63H54BN3S. The Labute approximate surface area is 404 Å². The first kappa shape index (κ1) is 40.4. The maximum Gasteiger partial charge on any atom is 0.333 e. The van der Waals surface area contributed by atoms with Gasteiger partial charge in [-0.1, -0.05) is 166 Å². The topological polar surface area (TPSA) is 21.1 Å². The van der Waals surface area contributed by atoms with Gasteiger partial charge in [0.2, 0.25) is 0 Å². The standard InChI is InChI=1S/C63H54BN3S/c1-60(2,3)36-20-23-38(24-21-36)67-54-31-44-40-25-22-37(61(4,5)6)28-48(40)63(9,10)49(44)30-46(54)41-26-27-42-45-29-43-39-18-14-15-19-47(39)62(7,8)50(43)32-53(45)66-55-34-56-52(33-51(55)64(67)57(41)58(42)66)65-59(68-56)35-16-12-11-13-17-35/h11-34H,1-10H3. The van der Waals surface area contributed by atoms with Crippen LogP contribution < -0.4 is 15.7 Å². The largest absolute Gasteiger partial charge is 0.376 e. The quantitative estimate of drug-likeness (QED) is 0.161. The molecule has 5 heteroatoms. The van der Waals surface area contributed by atoms with Crippen LogP contribution in [0.2, 0.25) is 0 Å². The summed E-state index contributed by atoms with van der Waals surface area (Å²) in [4.78, 5) is 8.13. The summed E-state index contributed by atoms with van der Waals surface area (Å²) in [5.41, 5.74) is 27.3. The van der Waals surface area contributed by atoms with Crippen LogP contribution >= 0.6 is 11.3 Å². The lowest BCUT2D eigenvalue weighted by atomic mass is 9.44. The van der Waals surface area contributed by atoms with Crippen molar-refractivity contribution in [2.45, 2.75) is 90.9 Å². The van der Waals surface area contributed by atoms with Gasteiger partial charge in [-0.3, -0.25) is 0 Å². The van der Waals surface area contributed by atoms with Gasteiger partial charge in [0.15, 0.2) is 0 Å². The number of benzene rings is 8. The van der Waals surface area contributed by atoms with E-state index in [-0.39, 0.29) is 28.5 Å². The summed E-state index contributed by atoms with van der Waals surface area (Å²) >= 11 is 1.80. The van der Waals surface area contributed by atoms with E-state index in [1.807, 2.05) is 0 Å². The second kappa shape index (κ2) is 13.1. The lowest BCUT2D eigenvalue weighted by Gasteiger charge is -2.42. The third kappa shape index (κ3) is 5.23. The molecule has 2 aliphatic carbocycles. The maximum absolute atomic E-state index is 5.43. The molecule has 14 rings (SSSR count). The van der Waals surface area contributed by atoms with E-state index in [4.69, 9.17) is 4.98 Å². The average molecular weight is 896 g/mol. The maximum atomic E-state index is 5.43. The summed E-state index contributed by atoms with van der Waals surface area (Å²) in [6.45, 7) is 23.5. The highest BCUT2D eigenvalue weighted by molar-refractivity contribution is 7.21. The summed E-state index contributed by atoms with van der Waals surface area (Å²) in [5.74, 6) is 0. The fourth-order valence-electron chi connectivity index (χ4n) is 12.8. The SMILES string of the molecule is CC(C)(C)c1ccc(N2B3c4cc5nc(-c6ccccc6)sc5cc4-n4c5cc6c(cc5c5ccc(c3c54)-c3cc4c(cc32)-c2ccc(C(C)(C)C)cc2C4(C)C)-c2ccccc2C6(C)C)cc1. The van der Waals surface area contributed by atoms with Crippen LogP contribution in [-0.2, 0) is 21.7 Å². The van der Waals surface area contributed by atoms with E-state index in [1.54, 1.807) is 11.3 Å². The molecule has 0 amide bonds. The minimum atomic E-state index is -0.170. The highest BCUT2D eigenvalue weighted by Gasteiger charge is 2.47. The molecule has 4 heterocycles. The van der Waals surface area contributed by atoms with Crippen molar-refractivity contribution < 1.29 is 0 Å². The molecule has 8 aromatic carbocycles. The van der Waals surface area contributed by atoms with Crippen LogP contribution in [0.3, 0.4) is 0 Å². The van der Waals surface area contributed by atoms with E-state index in [0.717, 1.165) is 16.1 Å². The molecule has 0 atom stereocenters. The second-order valence-electron chi connectivity index (χ2n) is 23.2. The normalized spacial score (nSPS) is 15.7. The van der Waals surface area contributed by atoms with Crippen LogP contribution in [0.15, 0.2) is 146 Å². The van der Waals surface area contributed by atoms with Gasteiger partial charge >= 0.3 is 6.85 Å². The van der Waals surface area contributed by atoms with E-state index in [0.29, 0.717) is 0 Å². The summed E-state index contributed by atoms with van der Waals surface area (Å²) < 4.78 is 3.86. The molecule has 330 valence electrons. The highest BCUT2D eigenvalue weighted by atomic mass is 32.1. The van der Waals surface area contributed by atoms with Crippen LogP contribution in [0.1, 0.15) is 103 Å². The van der Waals surface area contributed by atoms with Gasteiger partial charge in [0.05, 0.1) is 21.3 Å². The predicted octanol–water partition coefficient (Wildman–Crippen LogP) is 15.5. The van der Waals surface area contributed by atoms with Gasteiger partial charge in [-0.05, 0) is 131 Å². The van der Waals surface area contributed by atoms with Crippen molar-refractivity contribution in [2.24, 2.45) is 0 Å². The van der Waals surface area contributed by atoms with Gasteiger partial charge in [0.1, 0.15) is 5.01 Å². The Morgan fingerprint density at radius 3 is 1.93 bits per heavy atom. The molecule has 0 unspecified atom stereocenters. The Hall–Kier alpha value is -6.69. The Bertz CT molecular complexity index is 3870. The Morgan fingerprint density at radius 1 is 0.515 bits per heavy atom. The lowest BCUT2D eigenvalue weighted by Crippen LogP contribution is -2.60. The van der Waals surface area contributed by atoms with Crippen LogP contribution in [0.5, 0.6) is 0 Å². The lowest BCUT2D eigenvalue weighted by molar-refractivity contribution is 0.584. The third-order valence-corrected chi connectivity index (χ3v) is 17.6. The first-order chi connectivity index (χ1) is 32.5. The van der Waals surface area contributed by atoms with Crippen molar-refractivity contribution >= 4 is 72.5 Å². The van der Waals surface area contributed by atoms with E-state index in [9.17, 15) is 0 Å². The Balaban J connectivity index is 1.11. The van der Waals surface area contributed by atoms with E-state index >= 15 is 0 Å². The molecule has 0 saturated carbocycles. The molecule has 0 fully saturated rings. The van der Waals surface area contributed by atoms with Crippen molar-refractivity contribution in [2.75, 3.05) is 4.81 Å². The average Bonchev–Trinajstić information content (AvgIpc) is 4.02. The number of hydrogen-bond donors (Lipinski definition) is 0. The van der Waals surface area contributed by atoms with Crippen LogP contribution in [0.4, 0.5) is 11.4 Å². The molecule has 68 heavy (non-hydrogen) atoms. The van der Waals surface area contributed by atoms with Gasteiger partial charge < -0.3 is 9.38 Å². The molecule has 0 bridgehead atoms. The highest BCUT2D eigenvalue weighted by Crippen LogP contribution is 2.56. The molecule has 3 nitrogen and oxygen atoms in total. The van der Waals surface area contributed by atoms with Gasteiger partial charge in [-0.2, -0.15) is 0 Å². The Morgan fingerprint density at radius 2 is 1.16 bits per heavy atom. The zero-order valence-electron chi connectivity index (χ0n) is 40.7. The van der Waals surface area contributed by atoms with Crippen LogP contribution in [0, 0.1) is 0 Å². The van der Waals surface area contributed by atoms with Crippen LogP contribution in [-0.4, -0.2) is 16.4 Å². The van der Waals surface area contributed by atoms with Crippen molar-refractivity contribution in [3.63, 3.8) is 0 Å². The number of hydrogen-bond acceptors (Lipinski definition) is 3. The summed E-state index contributed by atoms with van der Waals surface area (Å²) in [7, 11) is 0. The molecule has 10 aromatic rings. The predicted molar refractivity (Wildman–Crippen MR) is 291 cm³/mol. The van der Waals surface area contributed by atoms with Crippen molar-refractivity contribution in [3.8, 4) is 49.6 Å². The second-order valence-corrected chi connectivity index (χ2v) is 24.3. The zero-order valence-corrected chi connectivity index (χ0v) is 41.5. The minimum absolute atomic E-state index is 0.0273.